The van der Waals surface area contributed by atoms with E-state index in [4.69, 9.17) is 17.3 Å². The van der Waals surface area contributed by atoms with E-state index in [-0.39, 0.29) is 5.54 Å². The van der Waals surface area contributed by atoms with Crippen molar-refractivity contribution in [1.82, 2.24) is 0 Å². The smallest absolute Gasteiger partial charge is 0.0406 e. The lowest BCUT2D eigenvalue weighted by molar-refractivity contribution is 0.164. The summed E-state index contributed by atoms with van der Waals surface area (Å²) in [5.41, 5.74) is 8.28. The number of benzene rings is 1. The van der Waals surface area contributed by atoms with Crippen molar-refractivity contribution in [1.29, 1.82) is 0 Å². The largest absolute Gasteiger partial charge is 0.325 e. The second kappa shape index (κ2) is 4.62. The number of hydrogen-bond donors (Lipinski definition) is 1. The summed E-state index contributed by atoms with van der Waals surface area (Å²) in [4.78, 5) is 0. The average molecular weight is 252 g/mol. The van der Waals surface area contributed by atoms with Crippen LogP contribution in [0, 0.1) is 5.41 Å². The van der Waals surface area contributed by atoms with Gasteiger partial charge in [-0.1, -0.05) is 37.6 Å². The molecule has 1 aromatic carbocycles. The molecule has 2 N–H and O–H groups in total. The molecule has 0 spiro atoms. The molecule has 0 aliphatic heterocycles. The fraction of sp³-hybridized carbons (Fsp3) is 0.600. The molecule has 94 valence electrons. The molecule has 1 aromatic rings. The molecule has 0 aromatic heterocycles. The van der Waals surface area contributed by atoms with Gasteiger partial charge in [0.2, 0.25) is 0 Å². The van der Waals surface area contributed by atoms with Gasteiger partial charge in [0, 0.05) is 10.6 Å². The standard InChI is InChI=1S/C15H22ClN/c1-14(2)7-9-15(17,10-8-14)11-12-3-5-13(16)6-4-12/h3-6H,7-11,17H2,1-2H3. The van der Waals surface area contributed by atoms with Gasteiger partial charge in [0.25, 0.3) is 0 Å². The summed E-state index contributed by atoms with van der Waals surface area (Å²) in [5.74, 6) is 0. The lowest BCUT2D eigenvalue weighted by atomic mass is 9.68. The summed E-state index contributed by atoms with van der Waals surface area (Å²) in [6, 6.07) is 8.09. The van der Waals surface area contributed by atoms with Crippen molar-refractivity contribution in [3.63, 3.8) is 0 Å². The van der Waals surface area contributed by atoms with Crippen LogP contribution in [0.1, 0.15) is 45.1 Å². The zero-order chi connectivity index (χ0) is 12.5. The van der Waals surface area contributed by atoms with Crippen molar-refractivity contribution < 1.29 is 0 Å². The van der Waals surface area contributed by atoms with Crippen LogP contribution in [0.25, 0.3) is 0 Å². The van der Waals surface area contributed by atoms with Gasteiger partial charge < -0.3 is 5.73 Å². The van der Waals surface area contributed by atoms with Gasteiger partial charge in [0.05, 0.1) is 0 Å². The monoisotopic (exact) mass is 251 g/mol. The maximum absolute atomic E-state index is 6.52. The van der Waals surface area contributed by atoms with Crippen LogP contribution in [-0.2, 0) is 6.42 Å². The van der Waals surface area contributed by atoms with E-state index in [9.17, 15) is 0 Å². The molecule has 0 atom stereocenters. The topological polar surface area (TPSA) is 26.0 Å². The number of rotatable bonds is 2. The van der Waals surface area contributed by atoms with Gasteiger partial charge in [0.1, 0.15) is 0 Å². The first-order chi connectivity index (χ1) is 7.89. The Morgan fingerprint density at radius 2 is 1.59 bits per heavy atom. The fourth-order valence-corrected chi connectivity index (χ4v) is 2.74. The van der Waals surface area contributed by atoms with E-state index in [0.29, 0.717) is 5.41 Å². The molecule has 1 aliphatic carbocycles. The van der Waals surface area contributed by atoms with Crippen LogP contribution in [-0.4, -0.2) is 5.54 Å². The molecule has 1 saturated carbocycles. The van der Waals surface area contributed by atoms with Crippen molar-refractivity contribution in [3.8, 4) is 0 Å². The van der Waals surface area contributed by atoms with Gasteiger partial charge in [-0.25, -0.2) is 0 Å². The third-order valence-corrected chi connectivity index (χ3v) is 4.32. The second-order valence-electron chi connectivity index (χ2n) is 6.33. The van der Waals surface area contributed by atoms with Crippen molar-refractivity contribution in [3.05, 3.63) is 34.9 Å². The van der Waals surface area contributed by atoms with Crippen LogP contribution in [0.3, 0.4) is 0 Å². The Morgan fingerprint density at radius 1 is 1.06 bits per heavy atom. The molecule has 0 amide bonds. The van der Waals surface area contributed by atoms with E-state index in [1.807, 2.05) is 12.1 Å². The Balaban J connectivity index is 2.01. The Bertz CT molecular complexity index is 370. The van der Waals surface area contributed by atoms with Crippen LogP contribution in [0.2, 0.25) is 5.02 Å². The molecule has 0 unspecified atom stereocenters. The summed E-state index contributed by atoms with van der Waals surface area (Å²) in [6.45, 7) is 4.68. The zero-order valence-electron chi connectivity index (χ0n) is 10.8. The minimum atomic E-state index is -0.0106. The van der Waals surface area contributed by atoms with Crippen molar-refractivity contribution in [2.75, 3.05) is 0 Å². The lowest BCUT2D eigenvalue weighted by Crippen LogP contribution is -2.46. The summed E-state index contributed by atoms with van der Waals surface area (Å²) in [5, 5.41) is 0.796. The first-order valence-corrected chi connectivity index (χ1v) is 6.80. The molecule has 2 rings (SSSR count). The van der Waals surface area contributed by atoms with Crippen LogP contribution >= 0.6 is 11.6 Å². The molecule has 1 fully saturated rings. The van der Waals surface area contributed by atoms with Gasteiger partial charge in [-0.15, -0.1) is 0 Å². The summed E-state index contributed by atoms with van der Waals surface area (Å²) < 4.78 is 0. The molecule has 1 nitrogen and oxygen atoms in total. The SMILES string of the molecule is CC1(C)CCC(N)(Cc2ccc(Cl)cc2)CC1. The van der Waals surface area contributed by atoms with Crippen LogP contribution in [0.5, 0.6) is 0 Å². The molecule has 2 heteroatoms. The average Bonchev–Trinajstić information content (AvgIpc) is 2.27. The first-order valence-electron chi connectivity index (χ1n) is 6.42. The van der Waals surface area contributed by atoms with Gasteiger partial charge in [0.15, 0.2) is 0 Å². The Hall–Kier alpha value is -0.530. The Morgan fingerprint density at radius 3 is 2.12 bits per heavy atom. The molecule has 0 bridgehead atoms. The Kier molecular flexibility index (Phi) is 3.51. The van der Waals surface area contributed by atoms with Crippen molar-refractivity contribution >= 4 is 11.6 Å². The minimum Gasteiger partial charge on any atom is -0.325 e. The zero-order valence-corrected chi connectivity index (χ0v) is 11.6. The lowest BCUT2D eigenvalue weighted by Gasteiger charge is -2.41. The fourth-order valence-electron chi connectivity index (χ4n) is 2.61. The second-order valence-corrected chi connectivity index (χ2v) is 6.77. The van der Waals surface area contributed by atoms with E-state index in [2.05, 4.69) is 26.0 Å². The van der Waals surface area contributed by atoms with E-state index in [0.717, 1.165) is 24.3 Å². The third kappa shape index (κ3) is 3.46. The highest BCUT2D eigenvalue weighted by molar-refractivity contribution is 6.30. The van der Waals surface area contributed by atoms with Gasteiger partial charge in [-0.05, 0) is 55.2 Å². The molecular formula is C15H22ClN. The molecule has 0 heterocycles. The van der Waals surface area contributed by atoms with E-state index in [1.165, 1.54) is 18.4 Å². The van der Waals surface area contributed by atoms with Gasteiger partial charge in [-0.3, -0.25) is 0 Å². The number of halogens is 1. The highest BCUT2D eigenvalue weighted by Crippen LogP contribution is 2.40. The van der Waals surface area contributed by atoms with Crippen molar-refractivity contribution in [2.45, 2.75) is 51.5 Å². The van der Waals surface area contributed by atoms with Crippen LogP contribution in [0.15, 0.2) is 24.3 Å². The molecule has 17 heavy (non-hydrogen) atoms. The predicted octanol–water partition coefficient (Wildman–Crippen LogP) is 4.18. The van der Waals surface area contributed by atoms with E-state index in [1.54, 1.807) is 0 Å². The normalized spacial score (nSPS) is 22.4. The van der Waals surface area contributed by atoms with E-state index >= 15 is 0 Å². The maximum Gasteiger partial charge on any atom is 0.0406 e. The van der Waals surface area contributed by atoms with Gasteiger partial charge in [-0.2, -0.15) is 0 Å². The van der Waals surface area contributed by atoms with Crippen LogP contribution < -0.4 is 5.73 Å². The van der Waals surface area contributed by atoms with Gasteiger partial charge >= 0.3 is 0 Å². The quantitative estimate of drug-likeness (QED) is 0.839. The molecular weight excluding hydrogens is 230 g/mol. The molecule has 1 aliphatic rings. The predicted molar refractivity (Wildman–Crippen MR) is 74.3 cm³/mol. The van der Waals surface area contributed by atoms with E-state index < -0.39 is 0 Å². The summed E-state index contributed by atoms with van der Waals surface area (Å²) in [6.07, 6.45) is 5.69. The van der Waals surface area contributed by atoms with Crippen LogP contribution in [0.4, 0.5) is 0 Å². The third-order valence-electron chi connectivity index (χ3n) is 4.07. The highest BCUT2D eigenvalue weighted by Gasteiger charge is 2.35. The first kappa shape index (κ1) is 12.9. The molecule has 0 saturated heterocycles. The minimum absolute atomic E-state index is 0.0106. The number of nitrogens with two attached hydrogens (primary N) is 1. The Labute approximate surface area is 109 Å². The highest BCUT2D eigenvalue weighted by atomic mass is 35.5. The maximum atomic E-state index is 6.52. The summed E-state index contributed by atoms with van der Waals surface area (Å²) >= 11 is 5.90. The van der Waals surface area contributed by atoms with Crippen molar-refractivity contribution in [2.24, 2.45) is 11.1 Å². The number of hydrogen-bond acceptors (Lipinski definition) is 1. The molecule has 0 radical (unpaired) electrons. The summed E-state index contributed by atoms with van der Waals surface area (Å²) in [7, 11) is 0.